The van der Waals surface area contributed by atoms with Gasteiger partial charge in [0.15, 0.2) is 6.10 Å². The number of ether oxygens (including phenoxy) is 1. The second-order valence-corrected chi connectivity index (χ2v) is 5.69. The van der Waals surface area contributed by atoms with Crippen LogP contribution in [0.1, 0.15) is 24.5 Å². The molecule has 0 saturated carbocycles. The van der Waals surface area contributed by atoms with E-state index in [4.69, 9.17) is 10.00 Å². The van der Waals surface area contributed by atoms with E-state index in [9.17, 15) is 9.59 Å². The topological polar surface area (TPSA) is 79.2 Å². The van der Waals surface area contributed by atoms with Gasteiger partial charge in [-0.05, 0) is 47.9 Å². The molecule has 1 heterocycles. The molecule has 0 unspecified atom stereocenters. The first kappa shape index (κ1) is 16.7. The summed E-state index contributed by atoms with van der Waals surface area (Å²) in [5, 5.41) is 15.5. The van der Waals surface area contributed by atoms with Crippen LogP contribution in [0.15, 0.2) is 41.1 Å². The van der Waals surface area contributed by atoms with E-state index >= 15 is 0 Å². The Morgan fingerprint density at radius 3 is 2.83 bits per heavy atom. The molecule has 0 aliphatic rings. The van der Waals surface area contributed by atoms with E-state index in [2.05, 4.69) is 5.32 Å². The summed E-state index contributed by atoms with van der Waals surface area (Å²) in [6.45, 7) is 1.51. The smallest absolute Gasteiger partial charge is 0.306 e. The van der Waals surface area contributed by atoms with Crippen molar-refractivity contribution in [3.05, 3.63) is 52.2 Å². The Bertz CT molecular complexity index is 720. The summed E-state index contributed by atoms with van der Waals surface area (Å²) in [6.07, 6.45) is -0.103. The molecule has 5 nitrogen and oxygen atoms in total. The quantitative estimate of drug-likeness (QED) is 0.826. The average molecular weight is 328 g/mol. The minimum atomic E-state index is -0.920. The van der Waals surface area contributed by atoms with Gasteiger partial charge < -0.3 is 10.1 Å². The molecule has 0 radical (unpaired) electrons. The van der Waals surface area contributed by atoms with Gasteiger partial charge in [-0.25, -0.2) is 0 Å². The number of nitrogens with zero attached hydrogens (tertiary/aromatic N) is 1. The van der Waals surface area contributed by atoms with Crippen LogP contribution in [-0.2, 0) is 20.7 Å². The second kappa shape index (κ2) is 8.11. The Balaban J connectivity index is 1.85. The van der Waals surface area contributed by atoms with Crippen molar-refractivity contribution in [1.29, 1.82) is 5.26 Å². The van der Waals surface area contributed by atoms with Crippen LogP contribution in [0.4, 0.5) is 5.69 Å². The van der Waals surface area contributed by atoms with Crippen molar-refractivity contribution in [2.45, 2.75) is 25.9 Å². The van der Waals surface area contributed by atoms with Gasteiger partial charge >= 0.3 is 5.97 Å². The van der Waals surface area contributed by atoms with Crippen LogP contribution in [-0.4, -0.2) is 18.0 Å². The lowest BCUT2D eigenvalue weighted by molar-refractivity contribution is -0.153. The number of carbonyl (C=O) groups excluding carboxylic acids is 2. The van der Waals surface area contributed by atoms with E-state index in [-0.39, 0.29) is 6.42 Å². The fourth-order valence-corrected chi connectivity index (χ4v) is 2.62. The van der Waals surface area contributed by atoms with Gasteiger partial charge in [-0.3, -0.25) is 9.59 Å². The van der Waals surface area contributed by atoms with Crippen molar-refractivity contribution in [1.82, 2.24) is 0 Å². The molecule has 118 valence electrons. The largest absolute Gasteiger partial charge is 0.453 e. The third kappa shape index (κ3) is 4.94. The second-order valence-electron chi connectivity index (χ2n) is 4.91. The molecule has 2 aromatic rings. The van der Waals surface area contributed by atoms with Crippen LogP contribution < -0.4 is 5.32 Å². The molecular formula is C17H16N2O3S. The summed E-state index contributed by atoms with van der Waals surface area (Å²) in [4.78, 5) is 23.8. The zero-order chi connectivity index (χ0) is 16.7. The molecule has 1 aromatic heterocycles. The molecule has 1 amide bonds. The first-order valence-electron chi connectivity index (χ1n) is 7.10. The van der Waals surface area contributed by atoms with Gasteiger partial charge in [0.05, 0.1) is 11.3 Å². The lowest BCUT2D eigenvalue weighted by Gasteiger charge is -2.14. The van der Waals surface area contributed by atoms with Crippen LogP contribution in [0.25, 0.3) is 0 Å². The number of thiophene rings is 1. The molecule has 0 fully saturated rings. The van der Waals surface area contributed by atoms with E-state index in [1.165, 1.54) is 6.92 Å². The maximum atomic E-state index is 12.1. The number of hydrogen-bond acceptors (Lipinski definition) is 5. The van der Waals surface area contributed by atoms with Crippen molar-refractivity contribution in [3.63, 3.8) is 0 Å². The molecule has 0 aliphatic carbocycles. The highest BCUT2D eigenvalue weighted by molar-refractivity contribution is 7.07. The summed E-state index contributed by atoms with van der Waals surface area (Å²) in [5.41, 5.74) is 1.84. The van der Waals surface area contributed by atoms with Gasteiger partial charge in [0.1, 0.15) is 6.07 Å². The minimum Gasteiger partial charge on any atom is -0.453 e. The standard InChI is InChI=1S/C17H16N2O3S/c1-12(22-16(20)7-6-13-8-9-23-11-13)17(21)19-15-5-3-2-4-14(15)10-18/h2-5,8-9,11-12H,6-7H2,1H3,(H,19,21)/t12-/m0/s1. The number of rotatable bonds is 6. The molecule has 1 aromatic carbocycles. The molecule has 0 spiro atoms. The highest BCUT2D eigenvalue weighted by atomic mass is 32.1. The van der Waals surface area contributed by atoms with Crippen LogP contribution >= 0.6 is 11.3 Å². The lowest BCUT2D eigenvalue weighted by Crippen LogP contribution is -2.30. The average Bonchev–Trinajstić information content (AvgIpc) is 3.06. The van der Waals surface area contributed by atoms with E-state index < -0.39 is 18.0 Å². The normalized spacial score (nSPS) is 11.3. The fraction of sp³-hybridized carbons (Fsp3) is 0.235. The molecule has 1 N–H and O–H groups in total. The molecular weight excluding hydrogens is 312 g/mol. The van der Waals surface area contributed by atoms with E-state index in [0.29, 0.717) is 17.7 Å². The minimum absolute atomic E-state index is 0.225. The number of esters is 1. The number of aryl methyl sites for hydroxylation is 1. The Hall–Kier alpha value is -2.65. The Labute approximate surface area is 138 Å². The van der Waals surface area contributed by atoms with Crippen molar-refractivity contribution in [2.24, 2.45) is 0 Å². The summed E-state index contributed by atoms with van der Waals surface area (Å²) in [6, 6.07) is 10.6. The summed E-state index contributed by atoms with van der Waals surface area (Å²) >= 11 is 1.57. The molecule has 2 rings (SSSR count). The SMILES string of the molecule is C[C@H](OC(=O)CCc1ccsc1)C(=O)Nc1ccccc1C#N. The molecule has 0 saturated heterocycles. The number of nitrogens with one attached hydrogen (secondary N) is 1. The maximum absolute atomic E-state index is 12.1. The highest BCUT2D eigenvalue weighted by Gasteiger charge is 2.18. The molecule has 0 aliphatic heterocycles. The maximum Gasteiger partial charge on any atom is 0.306 e. The number of anilines is 1. The monoisotopic (exact) mass is 328 g/mol. The van der Waals surface area contributed by atoms with Gasteiger partial charge in [0.25, 0.3) is 5.91 Å². The first-order valence-corrected chi connectivity index (χ1v) is 8.05. The van der Waals surface area contributed by atoms with Crippen LogP contribution in [0.2, 0.25) is 0 Å². The van der Waals surface area contributed by atoms with E-state index in [0.717, 1.165) is 5.56 Å². The van der Waals surface area contributed by atoms with Gasteiger partial charge in [0.2, 0.25) is 0 Å². The van der Waals surface area contributed by atoms with Gasteiger partial charge in [-0.1, -0.05) is 12.1 Å². The number of hydrogen-bond donors (Lipinski definition) is 1. The number of benzene rings is 1. The van der Waals surface area contributed by atoms with Crippen LogP contribution in [0, 0.1) is 11.3 Å². The van der Waals surface area contributed by atoms with Crippen molar-refractivity contribution in [2.75, 3.05) is 5.32 Å². The van der Waals surface area contributed by atoms with Crippen molar-refractivity contribution < 1.29 is 14.3 Å². The van der Waals surface area contributed by atoms with Crippen LogP contribution in [0.5, 0.6) is 0 Å². The number of nitriles is 1. The van der Waals surface area contributed by atoms with Crippen molar-refractivity contribution >= 4 is 28.9 Å². The summed E-state index contributed by atoms with van der Waals surface area (Å²) < 4.78 is 5.13. The Morgan fingerprint density at radius 2 is 2.13 bits per heavy atom. The lowest BCUT2D eigenvalue weighted by atomic mass is 10.2. The third-order valence-corrected chi connectivity index (χ3v) is 3.91. The third-order valence-electron chi connectivity index (χ3n) is 3.18. The molecule has 6 heteroatoms. The molecule has 23 heavy (non-hydrogen) atoms. The highest BCUT2D eigenvalue weighted by Crippen LogP contribution is 2.14. The van der Waals surface area contributed by atoms with Gasteiger partial charge in [0, 0.05) is 6.42 Å². The first-order chi connectivity index (χ1) is 11.1. The van der Waals surface area contributed by atoms with Crippen molar-refractivity contribution in [3.8, 4) is 6.07 Å². The predicted octanol–water partition coefficient (Wildman–Crippen LogP) is 3.12. The molecule has 1 atom stereocenters. The zero-order valence-electron chi connectivity index (χ0n) is 12.6. The van der Waals surface area contributed by atoms with E-state index in [1.807, 2.05) is 22.9 Å². The number of carbonyl (C=O) groups is 2. The Morgan fingerprint density at radius 1 is 1.35 bits per heavy atom. The number of amides is 1. The van der Waals surface area contributed by atoms with E-state index in [1.54, 1.807) is 35.6 Å². The summed E-state index contributed by atoms with van der Waals surface area (Å²) in [7, 11) is 0. The summed E-state index contributed by atoms with van der Waals surface area (Å²) in [5.74, 6) is -0.885. The zero-order valence-corrected chi connectivity index (χ0v) is 13.4. The van der Waals surface area contributed by atoms with Gasteiger partial charge in [-0.2, -0.15) is 16.6 Å². The molecule has 0 bridgehead atoms. The van der Waals surface area contributed by atoms with Crippen LogP contribution in [0.3, 0.4) is 0 Å². The predicted molar refractivity (Wildman–Crippen MR) is 88.0 cm³/mol. The Kier molecular flexibility index (Phi) is 5.89. The number of para-hydroxylation sites is 1. The fourth-order valence-electron chi connectivity index (χ4n) is 1.91. The van der Waals surface area contributed by atoms with Gasteiger partial charge in [-0.15, -0.1) is 0 Å².